The zero-order valence-corrected chi connectivity index (χ0v) is 18.0. The highest BCUT2D eigenvalue weighted by Crippen LogP contribution is 2.24. The van der Waals surface area contributed by atoms with Crippen molar-refractivity contribution in [1.82, 2.24) is 5.32 Å². The van der Waals surface area contributed by atoms with Gasteiger partial charge in [0.15, 0.2) is 15.9 Å². The van der Waals surface area contributed by atoms with Gasteiger partial charge in [-0.1, -0.05) is 38.1 Å². The zero-order valence-electron chi connectivity index (χ0n) is 17.2. The number of carbonyl (C=O) groups is 1. The lowest BCUT2D eigenvalue weighted by atomic mass is 10.0. The zero-order chi connectivity index (χ0) is 20.9. The third-order valence-electron chi connectivity index (χ3n) is 4.92. The summed E-state index contributed by atoms with van der Waals surface area (Å²) >= 11 is 0. The van der Waals surface area contributed by atoms with Crippen LogP contribution in [0.25, 0.3) is 0 Å². The Bertz CT molecular complexity index is 920. The van der Waals surface area contributed by atoms with Crippen LogP contribution in [0.1, 0.15) is 49.4 Å². The van der Waals surface area contributed by atoms with Crippen molar-refractivity contribution >= 4 is 15.7 Å². The highest BCUT2D eigenvalue weighted by molar-refractivity contribution is 7.90. The summed E-state index contributed by atoms with van der Waals surface area (Å²) in [5.41, 5.74) is 3.01. The number of amides is 1. The molecular formula is C22H29NO4S. The highest BCUT2D eigenvalue weighted by Gasteiger charge is 2.23. The molecule has 0 bridgehead atoms. The number of aryl methyl sites for hydroxylation is 1. The molecule has 0 spiro atoms. The molecule has 0 aliphatic rings. The van der Waals surface area contributed by atoms with Gasteiger partial charge in [-0.3, -0.25) is 4.79 Å². The van der Waals surface area contributed by atoms with Crippen LogP contribution in [0.4, 0.5) is 0 Å². The van der Waals surface area contributed by atoms with Gasteiger partial charge in [-0.15, -0.1) is 0 Å². The van der Waals surface area contributed by atoms with E-state index in [0.717, 1.165) is 16.7 Å². The maximum absolute atomic E-state index is 12.8. The molecule has 0 heterocycles. The van der Waals surface area contributed by atoms with Gasteiger partial charge in [-0.25, -0.2) is 8.42 Å². The van der Waals surface area contributed by atoms with Crippen LogP contribution in [0.5, 0.6) is 5.75 Å². The molecule has 0 aliphatic carbocycles. The van der Waals surface area contributed by atoms with Crippen LogP contribution in [-0.4, -0.2) is 26.7 Å². The summed E-state index contributed by atoms with van der Waals surface area (Å²) in [5.74, 6) is 0.537. The summed E-state index contributed by atoms with van der Waals surface area (Å²) < 4.78 is 29.2. The monoisotopic (exact) mass is 403 g/mol. The summed E-state index contributed by atoms with van der Waals surface area (Å²) in [4.78, 5) is 13.1. The van der Waals surface area contributed by atoms with Gasteiger partial charge in [0, 0.05) is 6.26 Å². The molecule has 2 aromatic rings. The Kier molecular flexibility index (Phi) is 7.24. The number of carbonyl (C=O) groups excluding carboxylic acids is 1. The Morgan fingerprint density at radius 3 is 2.21 bits per heavy atom. The van der Waals surface area contributed by atoms with Gasteiger partial charge in [-0.05, 0) is 61.6 Å². The number of benzene rings is 2. The molecule has 2 atom stereocenters. The van der Waals surface area contributed by atoms with E-state index in [1.54, 1.807) is 24.3 Å². The van der Waals surface area contributed by atoms with E-state index in [0.29, 0.717) is 18.6 Å². The summed E-state index contributed by atoms with van der Waals surface area (Å²) in [6.45, 7) is 7.88. The second-order valence-electron chi connectivity index (χ2n) is 7.02. The van der Waals surface area contributed by atoms with Crippen LogP contribution in [0, 0.1) is 13.8 Å². The molecule has 2 aromatic carbocycles. The molecule has 152 valence electrons. The van der Waals surface area contributed by atoms with E-state index in [-0.39, 0.29) is 16.8 Å². The summed E-state index contributed by atoms with van der Waals surface area (Å²) in [6.07, 6.45) is 1.81. The number of hydrogen-bond donors (Lipinski definition) is 1. The lowest BCUT2D eigenvalue weighted by Crippen LogP contribution is -2.40. The maximum atomic E-state index is 12.8. The first-order valence-corrected chi connectivity index (χ1v) is 11.4. The summed E-state index contributed by atoms with van der Waals surface area (Å²) in [7, 11) is -3.24. The van der Waals surface area contributed by atoms with Crippen LogP contribution in [0.3, 0.4) is 0 Å². The van der Waals surface area contributed by atoms with Crippen LogP contribution in [-0.2, 0) is 14.6 Å². The van der Waals surface area contributed by atoms with Gasteiger partial charge in [-0.2, -0.15) is 0 Å². The van der Waals surface area contributed by atoms with Crippen molar-refractivity contribution in [2.24, 2.45) is 0 Å². The first-order chi connectivity index (χ1) is 13.2. The first-order valence-electron chi connectivity index (χ1n) is 9.50. The second-order valence-corrected chi connectivity index (χ2v) is 9.04. The van der Waals surface area contributed by atoms with E-state index in [2.05, 4.69) is 5.32 Å². The predicted molar refractivity (Wildman–Crippen MR) is 111 cm³/mol. The number of ether oxygens (including phenoxy) is 1. The van der Waals surface area contributed by atoms with E-state index in [4.69, 9.17) is 4.74 Å². The minimum Gasteiger partial charge on any atom is -0.480 e. The molecule has 28 heavy (non-hydrogen) atoms. The van der Waals surface area contributed by atoms with Crippen molar-refractivity contribution < 1.29 is 17.9 Å². The quantitative estimate of drug-likeness (QED) is 0.719. The summed E-state index contributed by atoms with van der Waals surface area (Å²) in [6, 6.07) is 12.2. The molecule has 1 N–H and O–H groups in total. The molecule has 0 unspecified atom stereocenters. The third kappa shape index (κ3) is 5.35. The molecular weight excluding hydrogens is 374 g/mol. The fraction of sp³-hybridized carbons (Fsp3) is 0.409. The van der Waals surface area contributed by atoms with Crippen molar-refractivity contribution in [3.05, 3.63) is 59.2 Å². The molecule has 0 aliphatic heterocycles. The number of rotatable bonds is 8. The lowest BCUT2D eigenvalue weighted by molar-refractivity contribution is -0.129. The van der Waals surface area contributed by atoms with Crippen molar-refractivity contribution in [2.45, 2.75) is 57.6 Å². The number of nitrogens with one attached hydrogen (secondary N) is 1. The fourth-order valence-corrected chi connectivity index (χ4v) is 3.59. The third-order valence-corrected chi connectivity index (χ3v) is 6.05. The Balaban J connectivity index is 2.14. The van der Waals surface area contributed by atoms with Gasteiger partial charge in [0.05, 0.1) is 10.9 Å². The van der Waals surface area contributed by atoms with Gasteiger partial charge >= 0.3 is 0 Å². The largest absolute Gasteiger partial charge is 0.480 e. The molecule has 5 nitrogen and oxygen atoms in total. The molecule has 0 fully saturated rings. The Morgan fingerprint density at radius 2 is 1.68 bits per heavy atom. The predicted octanol–water partition coefficient (Wildman–Crippen LogP) is 4.13. The van der Waals surface area contributed by atoms with Gasteiger partial charge < -0.3 is 10.1 Å². The van der Waals surface area contributed by atoms with Crippen LogP contribution in [0.2, 0.25) is 0 Å². The topological polar surface area (TPSA) is 72.5 Å². The molecule has 2 rings (SSSR count). The van der Waals surface area contributed by atoms with Crippen molar-refractivity contribution in [3.63, 3.8) is 0 Å². The van der Waals surface area contributed by atoms with E-state index in [9.17, 15) is 13.2 Å². The molecule has 0 aromatic heterocycles. The van der Waals surface area contributed by atoms with Gasteiger partial charge in [0.25, 0.3) is 5.91 Å². The maximum Gasteiger partial charge on any atom is 0.261 e. The lowest BCUT2D eigenvalue weighted by Gasteiger charge is -2.23. The van der Waals surface area contributed by atoms with Crippen molar-refractivity contribution in [3.8, 4) is 5.75 Å². The fourth-order valence-electron chi connectivity index (χ4n) is 2.96. The Morgan fingerprint density at radius 1 is 1.04 bits per heavy atom. The molecule has 0 saturated carbocycles. The Labute approximate surface area is 168 Å². The van der Waals surface area contributed by atoms with Crippen LogP contribution >= 0.6 is 0 Å². The minimum atomic E-state index is -3.24. The standard InChI is InChI=1S/C22H29NO4S/c1-6-19(17-11-13-18(14-12-17)28(5,25)26)23-22(24)20(7-2)27-21-10-8-9-15(3)16(21)4/h8-14,19-20H,6-7H2,1-5H3,(H,23,24)/t19-,20-/m0/s1. The Hall–Kier alpha value is -2.34. The van der Waals surface area contributed by atoms with E-state index in [1.165, 1.54) is 6.26 Å². The second kappa shape index (κ2) is 9.24. The minimum absolute atomic E-state index is 0.178. The molecule has 1 amide bonds. The number of sulfone groups is 1. The highest BCUT2D eigenvalue weighted by atomic mass is 32.2. The van der Waals surface area contributed by atoms with Crippen molar-refractivity contribution in [1.29, 1.82) is 0 Å². The van der Waals surface area contributed by atoms with Crippen LogP contribution in [0.15, 0.2) is 47.4 Å². The van der Waals surface area contributed by atoms with Crippen LogP contribution < -0.4 is 10.1 Å². The summed E-state index contributed by atoms with van der Waals surface area (Å²) in [5, 5.41) is 3.03. The normalized spacial score (nSPS) is 13.6. The van der Waals surface area contributed by atoms with Crippen molar-refractivity contribution in [2.75, 3.05) is 6.26 Å². The average Bonchev–Trinajstić information content (AvgIpc) is 2.66. The first kappa shape index (κ1) is 22.0. The SMILES string of the molecule is CC[C@H](Oc1cccc(C)c1C)C(=O)N[C@@H](CC)c1ccc(S(C)(=O)=O)cc1. The smallest absolute Gasteiger partial charge is 0.261 e. The van der Waals surface area contributed by atoms with E-state index in [1.807, 2.05) is 45.9 Å². The number of hydrogen-bond acceptors (Lipinski definition) is 4. The van der Waals surface area contributed by atoms with Gasteiger partial charge in [0.1, 0.15) is 5.75 Å². The molecule has 6 heteroatoms. The average molecular weight is 404 g/mol. The molecule has 0 saturated heterocycles. The van der Waals surface area contributed by atoms with Gasteiger partial charge in [0.2, 0.25) is 0 Å². The van der Waals surface area contributed by atoms with E-state index >= 15 is 0 Å². The molecule has 0 radical (unpaired) electrons. The van der Waals surface area contributed by atoms with E-state index < -0.39 is 15.9 Å².